The third kappa shape index (κ3) is 4.28. The molecule has 0 heterocycles. The Morgan fingerprint density at radius 2 is 1.36 bits per heavy atom. The van der Waals surface area contributed by atoms with Crippen molar-refractivity contribution in [3.63, 3.8) is 0 Å². The van der Waals surface area contributed by atoms with Gasteiger partial charge in [0.1, 0.15) is 0 Å². The Morgan fingerprint density at radius 3 is 1.57 bits per heavy atom. The first-order chi connectivity index (χ1) is 6.10. The fourth-order valence-corrected chi connectivity index (χ4v) is 6.91. The fourth-order valence-electron chi connectivity index (χ4n) is 2.41. The SMILES string of the molecule is CCO[C@H](C)P(C(C)(C)C)C(C)(C)C. The Hall–Kier alpha value is 0.390. The summed E-state index contributed by atoms with van der Waals surface area (Å²) in [5, 5.41) is 0.727. The molecule has 0 N–H and O–H groups in total. The van der Waals surface area contributed by atoms with E-state index < -0.39 is 0 Å². The van der Waals surface area contributed by atoms with Crippen molar-refractivity contribution in [1.29, 1.82) is 0 Å². The van der Waals surface area contributed by atoms with Crippen molar-refractivity contribution in [1.82, 2.24) is 0 Å². The Kier molecular flexibility index (Phi) is 5.08. The molecule has 86 valence electrons. The maximum atomic E-state index is 5.79. The van der Waals surface area contributed by atoms with E-state index in [0.29, 0.717) is 16.2 Å². The molecule has 14 heavy (non-hydrogen) atoms. The van der Waals surface area contributed by atoms with Crippen molar-refractivity contribution >= 4 is 7.92 Å². The second-order valence-electron chi connectivity index (χ2n) is 5.77. The average Bonchev–Trinajstić information content (AvgIpc) is 1.78. The van der Waals surface area contributed by atoms with Gasteiger partial charge in [-0.1, -0.05) is 49.5 Å². The molecule has 1 nitrogen and oxygen atoms in total. The molecule has 0 unspecified atom stereocenters. The molecule has 0 saturated carbocycles. The summed E-state index contributed by atoms with van der Waals surface area (Å²) in [4.78, 5) is 0. The number of hydrogen-bond acceptors (Lipinski definition) is 1. The van der Waals surface area contributed by atoms with Crippen LogP contribution in [0.5, 0.6) is 0 Å². The van der Waals surface area contributed by atoms with E-state index in [1.165, 1.54) is 0 Å². The van der Waals surface area contributed by atoms with Crippen molar-refractivity contribution in [2.45, 2.75) is 71.5 Å². The van der Waals surface area contributed by atoms with Crippen LogP contribution in [-0.4, -0.2) is 22.8 Å². The van der Waals surface area contributed by atoms with E-state index in [1.807, 2.05) is 0 Å². The van der Waals surface area contributed by atoms with E-state index >= 15 is 0 Å². The van der Waals surface area contributed by atoms with Crippen LogP contribution in [0.25, 0.3) is 0 Å². The third-order valence-electron chi connectivity index (χ3n) is 2.22. The molecule has 0 amide bonds. The van der Waals surface area contributed by atoms with Gasteiger partial charge in [-0.3, -0.25) is 0 Å². The highest BCUT2D eigenvalue weighted by molar-refractivity contribution is 7.61. The highest BCUT2D eigenvalue weighted by Crippen LogP contribution is 2.62. The summed E-state index contributed by atoms with van der Waals surface area (Å²) in [5.74, 6) is 0.398. The highest BCUT2D eigenvalue weighted by Gasteiger charge is 2.38. The molecule has 0 bridgehead atoms. The number of rotatable bonds is 3. The summed E-state index contributed by atoms with van der Waals surface area (Å²) in [7, 11) is -0.132. The van der Waals surface area contributed by atoms with Crippen molar-refractivity contribution in [2.24, 2.45) is 0 Å². The second-order valence-corrected chi connectivity index (χ2v) is 9.92. The lowest BCUT2D eigenvalue weighted by molar-refractivity contribution is 0.130. The first kappa shape index (κ1) is 14.4. The van der Waals surface area contributed by atoms with E-state index in [0.717, 1.165) is 6.61 Å². The zero-order valence-electron chi connectivity index (χ0n) is 11.1. The third-order valence-corrected chi connectivity index (χ3v) is 5.98. The molecule has 0 aliphatic carbocycles. The fraction of sp³-hybridized carbons (Fsp3) is 1.00. The lowest BCUT2D eigenvalue weighted by atomic mass is 10.2. The zero-order chi connectivity index (χ0) is 11.6. The summed E-state index contributed by atoms with van der Waals surface area (Å²) in [5.41, 5.74) is 0. The van der Waals surface area contributed by atoms with Crippen LogP contribution < -0.4 is 0 Å². The summed E-state index contributed by atoms with van der Waals surface area (Å²) >= 11 is 0. The van der Waals surface area contributed by atoms with Gasteiger partial charge in [-0.05, 0) is 24.2 Å². The Labute approximate surface area is 91.4 Å². The standard InChI is InChI=1S/C12H27OP/c1-9-13-10(2)14(11(3,4)5)12(6,7)8/h10H,9H2,1-8H3/t10-/m0/s1. The van der Waals surface area contributed by atoms with Crippen LogP contribution >= 0.6 is 7.92 Å². The Morgan fingerprint density at radius 1 is 1.00 bits per heavy atom. The highest BCUT2D eigenvalue weighted by atomic mass is 31.1. The van der Waals surface area contributed by atoms with Gasteiger partial charge in [0.2, 0.25) is 0 Å². The van der Waals surface area contributed by atoms with Gasteiger partial charge in [0.25, 0.3) is 0 Å². The van der Waals surface area contributed by atoms with Crippen molar-refractivity contribution in [2.75, 3.05) is 6.61 Å². The maximum Gasteiger partial charge on any atom is 0.0747 e. The molecule has 2 heteroatoms. The summed E-state index contributed by atoms with van der Waals surface area (Å²) < 4.78 is 5.79. The van der Waals surface area contributed by atoms with E-state index in [2.05, 4.69) is 55.4 Å². The van der Waals surface area contributed by atoms with Gasteiger partial charge in [0, 0.05) is 6.61 Å². The maximum absolute atomic E-state index is 5.79. The van der Waals surface area contributed by atoms with Crippen LogP contribution in [0, 0.1) is 0 Å². The quantitative estimate of drug-likeness (QED) is 0.636. The molecule has 1 atom stereocenters. The van der Waals surface area contributed by atoms with Crippen LogP contribution in [-0.2, 0) is 4.74 Å². The molecule has 0 saturated heterocycles. The van der Waals surface area contributed by atoms with Crippen LogP contribution in [0.1, 0.15) is 55.4 Å². The van der Waals surface area contributed by atoms with Gasteiger partial charge in [0.05, 0.1) is 5.85 Å². The molecule has 0 aromatic carbocycles. The molecule has 0 aliphatic heterocycles. The van der Waals surface area contributed by atoms with Crippen LogP contribution in [0.2, 0.25) is 0 Å². The molecule has 0 radical (unpaired) electrons. The van der Waals surface area contributed by atoms with Crippen molar-refractivity contribution < 1.29 is 4.74 Å². The molecule has 0 aliphatic rings. The van der Waals surface area contributed by atoms with E-state index in [9.17, 15) is 0 Å². The van der Waals surface area contributed by atoms with E-state index in [-0.39, 0.29) is 7.92 Å². The number of hydrogen-bond donors (Lipinski definition) is 0. The zero-order valence-corrected chi connectivity index (χ0v) is 12.0. The average molecular weight is 218 g/mol. The molecular formula is C12H27OP. The number of ether oxygens (including phenoxy) is 1. The Bertz CT molecular complexity index is 150. The van der Waals surface area contributed by atoms with Gasteiger partial charge < -0.3 is 4.74 Å². The molecule has 0 aromatic rings. The minimum Gasteiger partial charge on any atom is -0.374 e. The minimum atomic E-state index is -0.132. The molecule has 0 rings (SSSR count). The van der Waals surface area contributed by atoms with Gasteiger partial charge in [-0.15, -0.1) is 0 Å². The van der Waals surface area contributed by atoms with Crippen LogP contribution in [0.15, 0.2) is 0 Å². The van der Waals surface area contributed by atoms with E-state index in [1.54, 1.807) is 0 Å². The van der Waals surface area contributed by atoms with Crippen molar-refractivity contribution in [3.05, 3.63) is 0 Å². The summed E-state index contributed by atoms with van der Waals surface area (Å²) in [6.45, 7) is 19.1. The summed E-state index contributed by atoms with van der Waals surface area (Å²) in [6.07, 6.45) is 0. The predicted octanol–water partition coefficient (Wildman–Crippen LogP) is 4.45. The van der Waals surface area contributed by atoms with Gasteiger partial charge in [-0.2, -0.15) is 0 Å². The molecule has 0 spiro atoms. The predicted molar refractivity (Wildman–Crippen MR) is 67.5 cm³/mol. The van der Waals surface area contributed by atoms with Crippen LogP contribution in [0.3, 0.4) is 0 Å². The van der Waals surface area contributed by atoms with Crippen molar-refractivity contribution in [3.8, 4) is 0 Å². The van der Waals surface area contributed by atoms with Gasteiger partial charge in [-0.25, -0.2) is 0 Å². The largest absolute Gasteiger partial charge is 0.374 e. The first-order valence-electron chi connectivity index (χ1n) is 5.51. The lowest BCUT2D eigenvalue weighted by Gasteiger charge is -2.44. The Balaban J connectivity index is 4.74. The first-order valence-corrected chi connectivity index (χ1v) is 6.93. The van der Waals surface area contributed by atoms with E-state index in [4.69, 9.17) is 4.74 Å². The van der Waals surface area contributed by atoms with Gasteiger partial charge >= 0.3 is 0 Å². The molecule has 0 aromatic heterocycles. The lowest BCUT2D eigenvalue weighted by Crippen LogP contribution is -2.31. The summed E-state index contributed by atoms with van der Waals surface area (Å²) in [6, 6.07) is 0. The topological polar surface area (TPSA) is 9.23 Å². The van der Waals surface area contributed by atoms with Gasteiger partial charge in [0.15, 0.2) is 0 Å². The normalized spacial score (nSPS) is 16.1. The molecular weight excluding hydrogens is 191 g/mol. The molecule has 0 fully saturated rings. The minimum absolute atomic E-state index is 0.132. The second kappa shape index (κ2) is 4.94. The monoisotopic (exact) mass is 218 g/mol. The smallest absolute Gasteiger partial charge is 0.0747 e. The van der Waals surface area contributed by atoms with Crippen LogP contribution in [0.4, 0.5) is 0 Å².